The van der Waals surface area contributed by atoms with Crippen molar-refractivity contribution in [3.63, 3.8) is 0 Å². The molecule has 2 fully saturated rings. The quantitative estimate of drug-likeness (QED) is 0.260. The van der Waals surface area contributed by atoms with Gasteiger partial charge in [-0.25, -0.2) is 19.0 Å². The van der Waals surface area contributed by atoms with Gasteiger partial charge in [0.15, 0.2) is 5.70 Å². The van der Waals surface area contributed by atoms with Crippen molar-refractivity contribution in [2.45, 2.75) is 26.3 Å². The summed E-state index contributed by atoms with van der Waals surface area (Å²) in [6.07, 6.45) is 2.68. The molecule has 0 spiro atoms. The van der Waals surface area contributed by atoms with E-state index < -0.39 is 29.4 Å². The van der Waals surface area contributed by atoms with E-state index in [4.69, 9.17) is 4.74 Å². The molecule has 2 saturated heterocycles. The summed E-state index contributed by atoms with van der Waals surface area (Å²) >= 11 is 1.33. The van der Waals surface area contributed by atoms with Gasteiger partial charge in [-0.15, -0.1) is 0 Å². The van der Waals surface area contributed by atoms with E-state index >= 15 is 4.39 Å². The Morgan fingerprint density at radius 3 is 2.48 bits per heavy atom. The fourth-order valence-corrected chi connectivity index (χ4v) is 6.12. The van der Waals surface area contributed by atoms with Crippen LogP contribution in [-0.4, -0.2) is 113 Å². The highest BCUT2D eigenvalue weighted by Crippen LogP contribution is 2.34. The van der Waals surface area contributed by atoms with Crippen molar-refractivity contribution in [2.24, 2.45) is 11.8 Å². The molecular formula is C29H39FN6O7S. The van der Waals surface area contributed by atoms with Gasteiger partial charge in [0.25, 0.3) is 5.91 Å². The predicted molar refractivity (Wildman–Crippen MR) is 161 cm³/mol. The van der Waals surface area contributed by atoms with Crippen LogP contribution in [0.15, 0.2) is 47.4 Å². The van der Waals surface area contributed by atoms with Crippen LogP contribution in [0.2, 0.25) is 0 Å². The Morgan fingerprint density at radius 1 is 1.16 bits per heavy atom. The van der Waals surface area contributed by atoms with Crippen molar-refractivity contribution in [2.75, 3.05) is 63.0 Å². The molecule has 0 aromatic heterocycles. The van der Waals surface area contributed by atoms with Gasteiger partial charge >= 0.3 is 11.9 Å². The lowest BCUT2D eigenvalue weighted by Crippen LogP contribution is -2.56. The van der Waals surface area contributed by atoms with E-state index in [1.165, 1.54) is 35.0 Å². The monoisotopic (exact) mass is 634 g/mol. The molecule has 0 aliphatic carbocycles. The number of nitrogens with one attached hydrogen (secondary N) is 2. The summed E-state index contributed by atoms with van der Waals surface area (Å²) in [4.78, 5) is 55.2. The van der Waals surface area contributed by atoms with E-state index in [1.54, 1.807) is 22.1 Å². The number of nitrogens with zero attached hydrogens (tertiary/aromatic N) is 4. The van der Waals surface area contributed by atoms with Gasteiger partial charge in [-0.1, -0.05) is 26.0 Å². The third kappa shape index (κ3) is 7.45. The molecule has 13 nitrogen and oxygen atoms in total. The maximum absolute atomic E-state index is 15.2. The minimum atomic E-state index is -1.60. The summed E-state index contributed by atoms with van der Waals surface area (Å²) in [6.45, 7) is 7.16. The van der Waals surface area contributed by atoms with Crippen LogP contribution in [0.25, 0.3) is 0 Å². The number of carboxylic acid groups (broad SMARTS) is 2. The normalized spacial score (nSPS) is 21.0. The number of thioether (sulfide) groups is 1. The average molecular weight is 635 g/mol. The Morgan fingerprint density at radius 2 is 1.86 bits per heavy atom. The molecule has 0 bridgehead atoms. The van der Waals surface area contributed by atoms with Gasteiger partial charge in [-0.05, 0) is 30.7 Å². The summed E-state index contributed by atoms with van der Waals surface area (Å²) in [5.41, 5.74) is 2.25. The zero-order chi connectivity index (χ0) is 32.0. The van der Waals surface area contributed by atoms with Gasteiger partial charge in [0.05, 0.1) is 30.9 Å². The number of hydrogen-bond acceptors (Lipinski definition) is 10. The molecule has 2 atom stereocenters. The van der Waals surface area contributed by atoms with Crippen molar-refractivity contribution < 1.29 is 38.5 Å². The fraction of sp³-hybridized carbons (Fsp3) is 0.517. The third-order valence-electron chi connectivity index (χ3n) is 7.51. The lowest BCUT2D eigenvalue weighted by atomic mass is 9.92. The number of anilines is 1. The first-order valence-electron chi connectivity index (χ1n) is 14.4. The topological polar surface area (TPSA) is 155 Å². The first-order valence-corrected chi connectivity index (χ1v) is 15.8. The molecule has 3 aliphatic heterocycles. The van der Waals surface area contributed by atoms with Crippen molar-refractivity contribution in [1.29, 1.82) is 0 Å². The molecule has 44 heavy (non-hydrogen) atoms. The highest BCUT2D eigenvalue weighted by molar-refractivity contribution is 7.98. The van der Waals surface area contributed by atoms with Crippen molar-refractivity contribution in [1.82, 2.24) is 25.7 Å². The van der Waals surface area contributed by atoms with Crippen molar-refractivity contribution >= 4 is 41.2 Å². The number of hydrazine groups is 2. The summed E-state index contributed by atoms with van der Waals surface area (Å²) in [5.74, 6) is -4.45. The molecule has 1 aromatic rings. The highest BCUT2D eigenvalue weighted by atomic mass is 32.2. The van der Waals surface area contributed by atoms with Gasteiger partial charge < -0.3 is 30.1 Å². The first kappa shape index (κ1) is 33.1. The number of rotatable bonds is 11. The number of morpholine rings is 1. The Kier molecular flexibility index (Phi) is 11.1. The number of carbonyl (C=O) groups excluding carboxylic acids is 2. The van der Waals surface area contributed by atoms with Crippen LogP contribution < -0.4 is 15.8 Å². The average Bonchev–Trinajstić information content (AvgIpc) is 3.37. The largest absolute Gasteiger partial charge is 0.478 e. The molecule has 4 rings (SSSR count). The van der Waals surface area contributed by atoms with Gasteiger partial charge in [-0.2, -0.15) is 16.9 Å². The lowest BCUT2D eigenvalue weighted by molar-refractivity contribution is -0.142. The summed E-state index contributed by atoms with van der Waals surface area (Å²) < 4.78 is 20.6. The molecule has 240 valence electrons. The summed E-state index contributed by atoms with van der Waals surface area (Å²) in [6, 6.07) is 5.26. The molecular weight excluding hydrogens is 595 g/mol. The van der Waals surface area contributed by atoms with Gasteiger partial charge in [-0.3, -0.25) is 15.0 Å². The summed E-state index contributed by atoms with van der Waals surface area (Å²) in [5, 5.41) is 24.8. The van der Waals surface area contributed by atoms with Crippen LogP contribution in [0.5, 0.6) is 0 Å². The van der Waals surface area contributed by atoms with E-state index in [1.807, 2.05) is 13.8 Å². The molecule has 3 heterocycles. The first-order chi connectivity index (χ1) is 21.0. The van der Waals surface area contributed by atoms with E-state index in [0.29, 0.717) is 58.4 Å². The van der Waals surface area contributed by atoms with E-state index in [0.717, 1.165) is 5.12 Å². The maximum atomic E-state index is 15.2. The molecule has 4 N–H and O–H groups in total. The third-order valence-corrected chi connectivity index (χ3v) is 8.07. The Labute approximate surface area is 259 Å². The van der Waals surface area contributed by atoms with Crippen LogP contribution >= 0.6 is 11.8 Å². The number of ether oxygens (including phenoxy) is 1. The van der Waals surface area contributed by atoms with E-state index in [2.05, 4.69) is 10.7 Å². The number of para-hydroxylation sites is 1. The van der Waals surface area contributed by atoms with Gasteiger partial charge in [0.2, 0.25) is 5.91 Å². The second-order valence-electron chi connectivity index (χ2n) is 11.1. The van der Waals surface area contributed by atoms with Gasteiger partial charge in [0.1, 0.15) is 17.2 Å². The number of carboxylic acids is 2. The SMILES string of the molecule is CSCC1=C(C(=O)N(CC(C)C)[C@@H]2CNC[C@H](C(=O)N3CCOCC3)C2)NN(/C(=C/C(=O)O)C(=O)O)N1c1ccccc1F. The minimum absolute atomic E-state index is 0.00513. The molecule has 15 heteroatoms. The summed E-state index contributed by atoms with van der Waals surface area (Å²) in [7, 11) is 0. The standard InChI is InChI=1S/C29H39FN6O7S/c1-18(2)16-34(20-12-19(14-31-15-20)27(39)33-8-10-43-11-9-33)28(40)26-24(17-44-3)35(22-7-5-4-6-21(22)30)36(32-26)23(29(41)42)13-25(37)38/h4-7,13,18-20,31-32H,8-12,14-17H2,1-3H3,(H,37,38)(H,41,42)/b23-13+/t19-,20+/m1/s1. The highest BCUT2D eigenvalue weighted by Gasteiger charge is 2.42. The molecule has 0 radical (unpaired) electrons. The molecule has 0 unspecified atom stereocenters. The molecule has 2 amide bonds. The number of halogens is 1. The van der Waals surface area contributed by atoms with Crippen molar-refractivity contribution in [3.05, 3.63) is 53.2 Å². The lowest BCUT2D eigenvalue weighted by Gasteiger charge is -2.40. The Balaban J connectivity index is 1.74. The fourth-order valence-electron chi connectivity index (χ4n) is 5.58. The second-order valence-corrected chi connectivity index (χ2v) is 12.0. The molecule has 0 saturated carbocycles. The number of amides is 2. The second kappa shape index (κ2) is 14.8. The zero-order valence-corrected chi connectivity index (χ0v) is 25.8. The zero-order valence-electron chi connectivity index (χ0n) is 25.0. The van der Waals surface area contributed by atoms with Crippen molar-refractivity contribution in [3.8, 4) is 0 Å². The maximum Gasteiger partial charge on any atom is 0.356 e. The number of benzene rings is 1. The van der Waals surface area contributed by atoms with Crippen LogP contribution in [0, 0.1) is 17.7 Å². The van der Waals surface area contributed by atoms with Crippen LogP contribution in [-0.2, 0) is 23.9 Å². The van der Waals surface area contributed by atoms with Crippen LogP contribution in [0.1, 0.15) is 20.3 Å². The minimum Gasteiger partial charge on any atom is -0.478 e. The molecule has 1 aromatic carbocycles. The number of hydrogen-bond donors (Lipinski definition) is 4. The number of aliphatic carboxylic acids is 2. The number of carbonyl (C=O) groups is 4. The van der Waals surface area contributed by atoms with E-state index in [9.17, 15) is 29.4 Å². The number of piperidine rings is 1. The van der Waals surface area contributed by atoms with Crippen LogP contribution in [0.4, 0.5) is 10.1 Å². The van der Waals surface area contributed by atoms with Crippen LogP contribution in [0.3, 0.4) is 0 Å². The molecule has 3 aliphatic rings. The van der Waals surface area contributed by atoms with E-state index in [-0.39, 0.29) is 46.6 Å². The Hall–Kier alpha value is -3.82. The van der Waals surface area contributed by atoms with Gasteiger partial charge in [0, 0.05) is 44.5 Å². The predicted octanol–water partition coefficient (Wildman–Crippen LogP) is 1.32. The smallest absolute Gasteiger partial charge is 0.356 e. The Bertz CT molecular complexity index is 1320.